The molecule has 0 N–H and O–H groups in total. The Balaban J connectivity index is 2.38. The first kappa shape index (κ1) is 12.5. The molecule has 0 fully saturated rings. The number of rotatable bonds is 2. The van der Waals surface area contributed by atoms with Gasteiger partial charge in [0.2, 0.25) is 0 Å². The van der Waals surface area contributed by atoms with Crippen molar-refractivity contribution in [2.24, 2.45) is 0 Å². The van der Waals surface area contributed by atoms with Crippen molar-refractivity contribution in [3.8, 4) is 0 Å². The molecular weight excluding hydrogens is 234 g/mol. The summed E-state index contributed by atoms with van der Waals surface area (Å²) in [5, 5.41) is 4.03. The Morgan fingerprint density at radius 3 is 2.83 bits per heavy atom. The number of likely N-dealkylation sites (N-methyl/N-ethyl adjacent to an activating group) is 1. The highest BCUT2D eigenvalue weighted by Crippen LogP contribution is 2.12. The first-order valence-electron chi connectivity index (χ1n) is 5.68. The molecule has 18 heavy (non-hydrogen) atoms. The topological polar surface area (TPSA) is 64.4 Å². The number of methoxy groups -OCH3 is 1. The lowest BCUT2D eigenvalue weighted by Gasteiger charge is -2.22. The van der Waals surface area contributed by atoms with Crippen LogP contribution >= 0.6 is 0 Å². The van der Waals surface area contributed by atoms with Gasteiger partial charge in [-0.2, -0.15) is 5.10 Å². The molecule has 1 aromatic rings. The fourth-order valence-electron chi connectivity index (χ4n) is 1.78. The van der Waals surface area contributed by atoms with E-state index in [1.807, 2.05) is 13.1 Å². The van der Waals surface area contributed by atoms with Crippen molar-refractivity contribution < 1.29 is 9.53 Å². The van der Waals surface area contributed by atoms with Crippen molar-refractivity contribution in [3.63, 3.8) is 0 Å². The summed E-state index contributed by atoms with van der Waals surface area (Å²) in [5.41, 5.74) is 0.722. The zero-order valence-electron chi connectivity index (χ0n) is 10.4. The van der Waals surface area contributed by atoms with Crippen LogP contribution in [0.15, 0.2) is 23.0 Å². The number of hydrogen-bond donors (Lipinski definition) is 0. The van der Waals surface area contributed by atoms with E-state index in [2.05, 4.69) is 14.7 Å². The second-order valence-electron chi connectivity index (χ2n) is 4.17. The zero-order chi connectivity index (χ0) is 13.1. The standard InChI is InChI=1S/C12H15N3O3/c1-14-7-5-9(6-8-14)15-11(16)4-3-10(13-15)12(17)18-2/h3-5H,6-8H2,1-2H3. The van der Waals surface area contributed by atoms with Crippen molar-refractivity contribution in [1.82, 2.24) is 14.7 Å². The van der Waals surface area contributed by atoms with Gasteiger partial charge in [0, 0.05) is 31.3 Å². The SMILES string of the molecule is COC(=O)c1ccc(=O)n(C2=CCN(C)CC2)n1. The number of hydrogen-bond acceptors (Lipinski definition) is 5. The minimum Gasteiger partial charge on any atom is -0.464 e. The van der Waals surface area contributed by atoms with Gasteiger partial charge in [-0.25, -0.2) is 9.48 Å². The van der Waals surface area contributed by atoms with Crippen LogP contribution in [0.1, 0.15) is 16.9 Å². The number of aromatic nitrogens is 2. The van der Waals surface area contributed by atoms with Crippen molar-refractivity contribution in [2.45, 2.75) is 6.42 Å². The van der Waals surface area contributed by atoms with Crippen molar-refractivity contribution in [3.05, 3.63) is 34.3 Å². The van der Waals surface area contributed by atoms with E-state index in [1.165, 1.54) is 23.9 Å². The van der Waals surface area contributed by atoms with Crippen LogP contribution in [0, 0.1) is 0 Å². The number of esters is 1. The van der Waals surface area contributed by atoms with Gasteiger partial charge in [0.25, 0.3) is 5.56 Å². The largest absolute Gasteiger partial charge is 0.464 e. The Labute approximate surface area is 104 Å². The molecule has 2 rings (SSSR count). The lowest BCUT2D eigenvalue weighted by Crippen LogP contribution is -2.30. The quantitative estimate of drug-likeness (QED) is 0.701. The summed E-state index contributed by atoms with van der Waals surface area (Å²) >= 11 is 0. The third kappa shape index (κ3) is 2.48. The zero-order valence-corrected chi connectivity index (χ0v) is 10.4. The first-order chi connectivity index (χ1) is 8.61. The predicted molar refractivity (Wildman–Crippen MR) is 66.2 cm³/mol. The normalized spacial score (nSPS) is 16.2. The van der Waals surface area contributed by atoms with Crippen molar-refractivity contribution in [1.29, 1.82) is 0 Å². The maximum Gasteiger partial charge on any atom is 0.358 e. The molecule has 2 heterocycles. The Morgan fingerprint density at radius 1 is 1.44 bits per heavy atom. The minimum absolute atomic E-state index is 0.136. The molecule has 0 unspecified atom stereocenters. The number of ether oxygens (including phenoxy) is 1. The minimum atomic E-state index is -0.544. The van der Waals surface area contributed by atoms with E-state index in [-0.39, 0.29) is 11.3 Å². The van der Waals surface area contributed by atoms with E-state index < -0.39 is 5.97 Å². The van der Waals surface area contributed by atoms with Crippen LogP contribution in [0.2, 0.25) is 0 Å². The van der Waals surface area contributed by atoms with Crippen LogP contribution in [0.5, 0.6) is 0 Å². The Hall–Kier alpha value is -1.95. The summed E-state index contributed by atoms with van der Waals surface area (Å²) in [7, 11) is 3.29. The van der Waals surface area contributed by atoms with Gasteiger partial charge in [-0.05, 0) is 19.2 Å². The summed E-state index contributed by atoms with van der Waals surface area (Å²) in [5.74, 6) is -0.544. The number of carbonyl (C=O) groups is 1. The van der Waals surface area contributed by atoms with Gasteiger partial charge in [0.15, 0.2) is 5.69 Å². The summed E-state index contributed by atoms with van der Waals surface area (Å²) < 4.78 is 5.87. The van der Waals surface area contributed by atoms with E-state index in [4.69, 9.17) is 0 Å². The van der Waals surface area contributed by atoms with Crippen LogP contribution in [-0.2, 0) is 4.74 Å². The third-order valence-electron chi connectivity index (χ3n) is 2.86. The van der Waals surface area contributed by atoms with Gasteiger partial charge in [0.1, 0.15) is 0 Å². The predicted octanol–water partition coefficient (Wildman–Crippen LogP) is 0.206. The van der Waals surface area contributed by atoms with Gasteiger partial charge in [-0.15, -0.1) is 0 Å². The second-order valence-corrected chi connectivity index (χ2v) is 4.17. The maximum atomic E-state index is 11.8. The highest BCUT2D eigenvalue weighted by molar-refractivity contribution is 5.86. The van der Waals surface area contributed by atoms with E-state index in [9.17, 15) is 9.59 Å². The average molecular weight is 249 g/mol. The average Bonchev–Trinajstić information content (AvgIpc) is 2.39. The third-order valence-corrected chi connectivity index (χ3v) is 2.86. The molecule has 1 aromatic heterocycles. The molecular formula is C12H15N3O3. The van der Waals surface area contributed by atoms with Gasteiger partial charge < -0.3 is 9.64 Å². The van der Waals surface area contributed by atoms with Gasteiger partial charge in [0.05, 0.1) is 7.11 Å². The lowest BCUT2D eigenvalue weighted by molar-refractivity contribution is 0.0591. The number of nitrogens with zero attached hydrogens (tertiary/aromatic N) is 3. The second kappa shape index (κ2) is 5.14. The molecule has 1 aliphatic rings. The summed E-state index contributed by atoms with van der Waals surface area (Å²) in [6.07, 6.45) is 2.67. The molecule has 0 atom stereocenters. The van der Waals surface area contributed by atoms with Crippen LogP contribution in [0.4, 0.5) is 0 Å². The Bertz CT molecular complexity index is 548. The highest BCUT2D eigenvalue weighted by atomic mass is 16.5. The van der Waals surface area contributed by atoms with E-state index >= 15 is 0 Å². The summed E-state index contributed by atoms with van der Waals surface area (Å²) in [6, 6.07) is 2.71. The van der Waals surface area contributed by atoms with E-state index in [0.717, 1.165) is 25.2 Å². The van der Waals surface area contributed by atoms with Crippen LogP contribution in [0.25, 0.3) is 5.70 Å². The summed E-state index contributed by atoms with van der Waals surface area (Å²) in [4.78, 5) is 25.3. The fraction of sp³-hybridized carbons (Fsp3) is 0.417. The van der Waals surface area contributed by atoms with Crippen LogP contribution in [0.3, 0.4) is 0 Å². The lowest BCUT2D eigenvalue weighted by atomic mass is 10.2. The Kier molecular flexibility index (Phi) is 3.57. The molecule has 0 aliphatic carbocycles. The molecule has 0 bridgehead atoms. The summed E-state index contributed by atoms with van der Waals surface area (Å²) in [6.45, 7) is 1.63. The van der Waals surface area contributed by atoms with Crippen LogP contribution < -0.4 is 5.56 Å². The Morgan fingerprint density at radius 2 is 2.22 bits per heavy atom. The van der Waals surface area contributed by atoms with Gasteiger partial charge in [-0.1, -0.05) is 0 Å². The molecule has 96 valence electrons. The molecule has 6 nitrogen and oxygen atoms in total. The molecule has 0 spiro atoms. The van der Waals surface area contributed by atoms with Crippen LogP contribution in [-0.4, -0.2) is 47.9 Å². The molecule has 0 amide bonds. The highest BCUT2D eigenvalue weighted by Gasteiger charge is 2.14. The van der Waals surface area contributed by atoms with Gasteiger partial charge in [-0.3, -0.25) is 4.79 Å². The molecule has 0 radical (unpaired) electrons. The molecule has 0 saturated heterocycles. The van der Waals surface area contributed by atoms with Crippen molar-refractivity contribution in [2.75, 3.05) is 27.2 Å². The fourth-order valence-corrected chi connectivity index (χ4v) is 1.78. The first-order valence-corrected chi connectivity index (χ1v) is 5.68. The molecule has 0 aromatic carbocycles. The van der Waals surface area contributed by atoms with E-state index in [0.29, 0.717) is 0 Å². The smallest absolute Gasteiger partial charge is 0.358 e. The molecule has 0 saturated carbocycles. The monoisotopic (exact) mass is 249 g/mol. The van der Waals surface area contributed by atoms with Crippen molar-refractivity contribution >= 4 is 11.7 Å². The van der Waals surface area contributed by atoms with E-state index in [1.54, 1.807) is 0 Å². The molecule has 6 heteroatoms. The number of carbonyl (C=O) groups excluding carboxylic acids is 1. The van der Waals surface area contributed by atoms with Gasteiger partial charge >= 0.3 is 5.97 Å². The maximum absolute atomic E-state index is 11.8. The molecule has 1 aliphatic heterocycles.